The van der Waals surface area contributed by atoms with E-state index in [-0.39, 0.29) is 11.3 Å². The number of para-hydroxylation sites is 1. The van der Waals surface area contributed by atoms with Crippen molar-refractivity contribution in [2.75, 3.05) is 13.2 Å². The van der Waals surface area contributed by atoms with Crippen LogP contribution in [0.1, 0.15) is 60.7 Å². The second-order valence-electron chi connectivity index (χ2n) is 8.04. The molecule has 1 N–H and O–H groups in total. The fourth-order valence-corrected chi connectivity index (χ4v) is 3.51. The third-order valence-electron chi connectivity index (χ3n) is 4.95. The molecule has 3 heteroatoms. The number of amides is 1. The van der Waals surface area contributed by atoms with Crippen LogP contribution in [0.3, 0.4) is 0 Å². The smallest absolute Gasteiger partial charge is 0.251 e. The Balaban J connectivity index is 1.54. The lowest BCUT2D eigenvalue weighted by molar-refractivity contribution is 0.0946. The Morgan fingerprint density at radius 2 is 1.77 bits per heavy atom. The molecule has 0 bridgehead atoms. The van der Waals surface area contributed by atoms with Crippen LogP contribution in [0.2, 0.25) is 0 Å². The minimum atomic E-state index is -0.0221. The van der Waals surface area contributed by atoms with Gasteiger partial charge in [-0.05, 0) is 66.0 Å². The number of hydrogen-bond acceptors (Lipinski definition) is 2. The van der Waals surface area contributed by atoms with Crippen LogP contribution < -0.4 is 10.1 Å². The van der Waals surface area contributed by atoms with Crippen LogP contribution in [0.5, 0.6) is 5.75 Å². The molecule has 3 rings (SSSR count). The van der Waals surface area contributed by atoms with Gasteiger partial charge in [0.2, 0.25) is 0 Å². The van der Waals surface area contributed by atoms with Crippen molar-refractivity contribution in [1.29, 1.82) is 0 Å². The van der Waals surface area contributed by atoms with Crippen molar-refractivity contribution in [2.45, 2.75) is 51.9 Å². The minimum Gasteiger partial charge on any atom is -0.491 e. The molecule has 0 saturated carbocycles. The molecular weight excluding hydrogens is 322 g/mol. The summed E-state index contributed by atoms with van der Waals surface area (Å²) in [5, 5.41) is 2.97. The predicted octanol–water partition coefficient (Wildman–Crippen LogP) is 4.67. The first kappa shape index (κ1) is 18.5. The van der Waals surface area contributed by atoms with Crippen molar-refractivity contribution in [3.05, 3.63) is 64.7 Å². The molecule has 0 fully saturated rings. The molecule has 138 valence electrons. The normalized spacial score (nSPS) is 13.8. The molecule has 0 aliphatic heterocycles. The summed E-state index contributed by atoms with van der Waals surface area (Å²) in [6.45, 7) is 7.48. The van der Waals surface area contributed by atoms with Crippen LogP contribution in [0, 0.1) is 0 Å². The average molecular weight is 351 g/mol. The molecule has 0 aromatic heterocycles. The maximum absolute atomic E-state index is 12.4. The van der Waals surface area contributed by atoms with Crippen molar-refractivity contribution in [2.24, 2.45) is 0 Å². The van der Waals surface area contributed by atoms with Crippen LogP contribution >= 0.6 is 0 Å². The lowest BCUT2D eigenvalue weighted by Gasteiger charge is -2.22. The highest BCUT2D eigenvalue weighted by Gasteiger charge is 2.18. The Hall–Kier alpha value is -2.29. The van der Waals surface area contributed by atoms with E-state index in [9.17, 15) is 4.79 Å². The zero-order valence-corrected chi connectivity index (χ0v) is 16.1. The minimum absolute atomic E-state index is 0.0221. The number of carbonyl (C=O) groups is 1. The number of ether oxygens (including phenoxy) is 1. The van der Waals surface area contributed by atoms with Crippen LogP contribution in [-0.2, 0) is 18.3 Å². The highest BCUT2D eigenvalue weighted by molar-refractivity contribution is 5.94. The monoisotopic (exact) mass is 351 g/mol. The van der Waals surface area contributed by atoms with Gasteiger partial charge < -0.3 is 10.1 Å². The molecule has 3 nitrogen and oxygen atoms in total. The van der Waals surface area contributed by atoms with Crippen molar-refractivity contribution >= 4 is 5.91 Å². The largest absolute Gasteiger partial charge is 0.491 e. The van der Waals surface area contributed by atoms with Crippen LogP contribution in [0.4, 0.5) is 0 Å². The predicted molar refractivity (Wildman–Crippen MR) is 106 cm³/mol. The lowest BCUT2D eigenvalue weighted by atomic mass is 9.86. The Morgan fingerprint density at radius 1 is 1.04 bits per heavy atom. The molecule has 2 aromatic rings. The Labute approximate surface area is 156 Å². The van der Waals surface area contributed by atoms with E-state index in [1.165, 1.54) is 29.5 Å². The number of aryl methyl sites for hydroxylation is 2. The van der Waals surface area contributed by atoms with E-state index in [1.807, 2.05) is 24.3 Å². The molecule has 26 heavy (non-hydrogen) atoms. The molecule has 0 unspecified atom stereocenters. The second kappa shape index (κ2) is 7.94. The quantitative estimate of drug-likeness (QED) is 0.795. The van der Waals surface area contributed by atoms with Crippen molar-refractivity contribution in [3.63, 3.8) is 0 Å². The molecule has 1 aliphatic rings. The van der Waals surface area contributed by atoms with Crippen molar-refractivity contribution in [3.8, 4) is 5.75 Å². The van der Waals surface area contributed by atoms with Gasteiger partial charge in [0.1, 0.15) is 12.4 Å². The Bertz CT molecular complexity index is 774. The van der Waals surface area contributed by atoms with Gasteiger partial charge in [-0.2, -0.15) is 0 Å². The standard InChI is InChI=1S/C23H29NO2/c1-23(2,3)20-10-6-7-11-21(20)26-15-14-24-22(25)19-13-12-17-8-4-5-9-18(17)16-19/h6-7,10-13,16H,4-5,8-9,14-15H2,1-3H3,(H,24,25). The maximum atomic E-state index is 12.4. The van der Waals surface area contributed by atoms with Crippen LogP contribution in [-0.4, -0.2) is 19.1 Å². The van der Waals surface area contributed by atoms with Crippen molar-refractivity contribution < 1.29 is 9.53 Å². The molecule has 0 heterocycles. The number of nitrogens with one attached hydrogen (secondary N) is 1. The summed E-state index contributed by atoms with van der Waals surface area (Å²) in [4.78, 5) is 12.4. The molecule has 1 amide bonds. The highest BCUT2D eigenvalue weighted by atomic mass is 16.5. The molecule has 0 radical (unpaired) electrons. The number of hydrogen-bond donors (Lipinski definition) is 1. The van der Waals surface area contributed by atoms with Gasteiger partial charge in [-0.15, -0.1) is 0 Å². The fourth-order valence-electron chi connectivity index (χ4n) is 3.51. The third-order valence-corrected chi connectivity index (χ3v) is 4.95. The first-order valence-corrected chi connectivity index (χ1v) is 9.57. The van der Waals surface area contributed by atoms with E-state index in [2.05, 4.69) is 44.3 Å². The summed E-state index contributed by atoms with van der Waals surface area (Å²) < 4.78 is 5.93. The topological polar surface area (TPSA) is 38.3 Å². The third kappa shape index (κ3) is 4.46. The number of benzene rings is 2. The van der Waals surface area contributed by atoms with Gasteiger partial charge in [-0.25, -0.2) is 0 Å². The maximum Gasteiger partial charge on any atom is 0.251 e. The van der Waals surface area contributed by atoms with Crippen molar-refractivity contribution in [1.82, 2.24) is 5.32 Å². The SMILES string of the molecule is CC(C)(C)c1ccccc1OCCNC(=O)c1ccc2c(c1)CCCC2. The van der Waals surface area contributed by atoms with Gasteiger partial charge >= 0.3 is 0 Å². The number of rotatable bonds is 5. The summed E-state index contributed by atoms with van der Waals surface area (Å²) in [5.74, 6) is 0.870. The Morgan fingerprint density at radius 3 is 2.54 bits per heavy atom. The summed E-state index contributed by atoms with van der Waals surface area (Å²) in [7, 11) is 0. The summed E-state index contributed by atoms with van der Waals surface area (Å²) in [5.41, 5.74) is 4.69. The van der Waals surface area contributed by atoms with Gasteiger partial charge in [0.25, 0.3) is 5.91 Å². The fraction of sp³-hybridized carbons (Fsp3) is 0.435. The number of fused-ring (bicyclic) bond motifs is 1. The summed E-state index contributed by atoms with van der Waals surface area (Å²) in [6.07, 6.45) is 4.70. The first-order valence-electron chi connectivity index (χ1n) is 9.57. The molecule has 1 aliphatic carbocycles. The molecule has 0 spiro atoms. The lowest BCUT2D eigenvalue weighted by Crippen LogP contribution is -2.28. The van der Waals surface area contributed by atoms with E-state index in [0.717, 1.165) is 24.2 Å². The Kier molecular flexibility index (Phi) is 5.65. The molecule has 2 aromatic carbocycles. The first-order chi connectivity index (χ1) is 12.4. The van der Waals surface area contributed by atoms with Gasteiger partial charge in [0.05, 0.1) is 6.54 Å². The van der Waals surface area contributed by atoms with Gasteiger partial charge in [-0.3, -0.25) is 4.79 Å². The van der Waals surface area contributed by atoms with E-state index >= 15 is 0 Å². The molecule has 0 atom stereocenters. The second-order valence-corrected chi connectivity index (χ2v) is 8.04. The zero-order chi connectivity index (χ0) is 18.6. The highest BCUT2D eigenvalue weighted by Crippen LogP contribution is 2.30. The molecule has 0 saturated heterocycles. The average Bonchev–Trinajstić information content (AvgIpc) is 2.64. The van der Waals surface area contributed by atoms with E-state index in [0.29, 0.717) is 13.2 Å². The van der Waals surface area contributed by atoms with Crippen LogP contribution in [0.25, 0.3) is 0 Å². The van der Waals surface area contributed by atoms with E-state index in [1.54, 1.807) is 0 Å². The van der Waals surface area contributed by atoms with Gasteiger partial charge in [0.15, 0.2) is 0 Å². The number of carbonyl (C=O) groups excluding carboxylic acids is 1. The van der Waals surface area contributed by atoms with Gasteiger partial charge in [-0.1, -0.05) is 45.0 Å². The molecular formula is C23H29NO2. The van der Waals surface area contributed by atoms with E-state index in [4.69, 9.17) is 4.74 Å². The van der Waals surface area contributed by atoms with Crippen LogP contribution in [0.15, 0.2) is 42.5 Å². The van der Waals surface area contributed by atoms with Gasteiger partial charge in [0, 0.05) is 5.56 Å². The zero-order valence-electron chi connectivity index (χ0n) is 16.1. The van der Waals surface area contributed by atoms with E-state index < -0.39 is 0 Å². The summed E-state index contributed by atoms with van der Waals surface area (Å²) >= 11 is 0. The summed E-state index contributed by atoms with van der Waals surface area (Å²) in [6, 6.07) is 14.2.